The number of carbonyl (C=O) groups is 3. The van der Waals surface area contributed by atoms with Gasteiger partial charge in [-0.25, -0.2) is 0 Å². The zero-order chi connectivity index (χ0) is 57.1. The van der Waals surface area contributed by atoms with Crippen LogP contribution in [-0.4, -0.2) is 37.2 Å². The minimum absolute atomic E-state index is 0.123. The molecule has 440 valence electrons. The Hall–Kier alpha value is -5.49. The molecule has 79 heavy (non-hydrogen) atoms. The van der Waals surface area contributed by atoms with Gasteiger partial charge in [-0.3, -0.25) is 14.4 Å². The molecule has 0 heterocycles. The van der Waals surface area contributed by atoms with Crippen molar-refractivity contribution in [2.75, 3.05) is 13.2 Å². The highest BCUT2D eigenvalue weighted by Gasteiger charge is 2.19. The molecule has 0 aliphatic rings. The normalized spacial score (nSPS) is 13.4. The van der Waals surface area contributed by atoms with E-state index < -0.39 is 6.10 Å². The van der Waals surface area contributed by atoms with Crippen LogP contribution in [0.5, 0.6) is 0 Å². The minimum Gasteiger partial charge on any atom is -0.462 e. The van der Waals surface area contributed by atoms with Gasteiger partial charge in [0.2, 0.25) is 0 Å². The third-order valence-electron chi connectivity index (χ3n) is 12.4. The van der Waals surface area contributed by atoms with E-state index in [0.717, 1.165) is 161 Å². The molecule has 0 aliphatic carbocycles. The fourth-order valence-corrected chi connectivity index (χ4v) is 7.82. The number of carbonyl (C=O) groups excluding carboxylic acids is 3. The smallest absolute Gasteiger partial charge is 0.306 e. The molecule has 0 saturated carbocycles. The molecule has 0 fully saturated rings. The van der Waals surface area contributed by atoms with Crippen LogP contribution in [0.1, 0.15) is 239 Å². The average Bonchev–Trinajstić information content (AvgIpc) is 3.45. The van der Waals surface area contributed by atoms with E-state index in [1.54, 1.807) is 0 Å². The Morgan fingerprint density at radius 1 is 0.253 bits per heavy atom. The molecule has 0 rings (SSSR count). The zero-order valence-corrected chi connectivity index (χ0v) is 50.3. The van der Waals surface area contributed by atoms with Crippen LogP contribution in [-0.2, 0) is 28.6 Å². The summed E-state index contributed by atoms with van der Waals surface area (Å²) in [7, 11) is 0. The van der Waals surface area contributed by atoms with Crippen molar-refractivity contribution in [2.24, 2.45) is 0 Å². The maximum Gasteiger partial charge on any atom is 0.306 e. The molecule has 0 aromatic carbocycles. The Kier molecular flexibility index (Phi) is 60.5. The largest absolute Gasteiger partial charge is 0.462 e. The Morgan fingerprint density at radius 2 is 0.468 bits per heavy atom. The van der Waals surface area contributed by atoms with Crippen molar-refractivity contribution in [1.29, 1.82) is 0 Å². The number of hydrogen-bond acceptors (Lipinski definition) is 6. The second kappa shape index (κ2) is 65.0. The summed E-state index contributed by atoms with van der Waals surface area (Å²) in [6, 6.07) is 0. The monoisotopic (exact) mass is 1080 g/mol. The van der Waals surface area contributed by atoms with E-state index >= 15 is 0 Å². The van der Waals surface area contributed by atoms with E-state index in [0.29, 0.717) is 19.3 Å². The van der Waals surface area contributed by atoms with Crippen LogP contribution in [0, 0.1) is 0 Å². The molecular weight excluding hydrogens is 973 g/mol. The Morgan fingerprint density at radius 3 is 0.747 bits per heavy atom. The van der Waals surface area contributed by atoms with E-state index in [9.17, 15) is 14.4 Å². The van der Waals surface area contributed by atoms with Crippen molar-refractivity contribution in [3.8, 4) is 0 Å². The molecule has 0 aromatic heterocycles. The molecule has 0 aliphatic heterocycles. The summed E-state index contributed by atoms with van der Waals surface area (Å²) < 4.78 is 16.8. The van der Waals surface area contributed by atoms with Gasteiger partial charge in [0.1, 0.15) is 13.2 Å². The second-order valence-corrected chi connectivity index (χ2v) is 19.8. The molecule has 0 amide bonds. The Balaban J connectivity index is 4.50. The van der Waals surface area contributed by atoms with E-state index in [1.807, 2.05) is 0 Å². The first-order chi connectivity index (χ1) is 39.0. The van der Waals surface area contributed by atoms with Gasteiger partial charge in [-0.2, -0.15) is 0 Å². The summed E-state index contributed by atoms with van der Waals surface area (Å²) in [6.07, 6.45) is 97.5. The lowest BCUT2D eigenvalue weighted by Gasteiger charge is -2.18. The first-order valence-corrected chi connectivity index (χ1v) is 31.3. The first-order valence-electron chi connectivity index (χ1n) is 31.3. The molecule has 1 unspecified atom stereocenters. The van der Waals surface area contributed by atoms with Gasteiger partial charge in [0.05, 0.1) is 0 Å². The molecule has 6 heteroatoms. The SMILES string of the molecule is CC/C=C\C/C=C\C/C=C\C/C=C\C/C=C\C/C=C\CCCCCCCCCCC(=O)OCC(COC(=O)CCCCCC/C=C\C/C=C\C/C=C\C/C=C\CC)OC(=O)CCC/C=C\C/C=C\C/C=C\C/C=C\C/C=C\CC. The van der Waals surface area contributed by atoms with Crippen LogP contribution in [0.3, 0.4) is 0 Å². The average molecular weight is 1090 g/mol. The van der Waals surface area contributed by atoms with Gasteiger partial charge in [-0.05, 0) is 148 Å². The summed E-state index contributed by atoms with van der Waals surface area (Å²) in [5.41, 5.74) is 0. The van der Waals surface area contributed by atoms with Gasteiger partial charge in [0.25, 0.3) is 0 Å². The molecule has 1 atom stereocenters. The molecule has 0 aromatic rings. The maximum atomic E-state index is 12.9. The van der Waals surface area contributed by atoms with E-state index in [1.165, 1.54) is 32.1 Å². The number of unbranched alkanes of at least 4 members (excludes halogenated alkanes) is 13. The fourth-order valence-electron chi connectivity index (χ4n) is 7.82. The lowest BCUT2D eigenvalue weighted by Crippen LogP contribution is -2.30. The maximum absolute atomic E-state index is 12.9. The highest BCUT2D eigenvalue weighted by atomic mass is 16.6. The molecular formula is C73H112O6. The van der Waals surface area contributed by atoms with Crippen LogP contribution >= 0.6 is 0 Å². The third-order valence-corrected chi connectivity index (χ3v) is 12.4. The Bertz CT molecular complexity index is 1870. The van der Waals surface area contributed by atoms with Crippen molar-refractivity contribution in [3.05, 3.63) is 182 Å². The first kappa shape index (κ1) is 73.5. The van der Waals surface area contributed by atoms with Crippen molar-refractivity contribution in [2.45, 2.75) is 245 Å². The Labute approximate surface area is 484 Å². The molecule has 6 nitrogen and oxygen atoms in total. The van der Waals surface area contributed by atoms with E-state index in [4.69, 9.17) is 14.2 Å². The highest BCUT2D eigenvalue weighted by Crippen LogP contribution is 2.13. The quantitative estimate of drug-likeness (QED) is 0.0261. The predicted molar refractivity (Wildman–Crippen MR) is 343 cm³/mol. The lowest BCUT2D eigenvalue weighted by molar-refractivity contribution is -0.167. The second-order valence-electron chi connectivity index (χ2n) is 19.8. The van der Waals surface area contributed by atoms with Crippen molar-refractivity contribution in [3.63, 3.8) is 0 Å². The third kappa shape index (κ3) is 63.2. The van der Waals surface area contributed by atoms with Crippen LogP contribution in [0.4, 0.5) is 0 Å². The summed E-state index contributed by atoms with van der Waals surface area (Å²) in [4.78, 5) is 38.3. The van der Waals surface area contributed by atoms with Gasteiger partial charge in [-0.1, -0.05) is 254 Å². The van der Waals surface area contributed by atoms with Gasteiger partial charge in [0.15, 0.2) is 6.10 Å². The summed E-state index contributed by atoms with van der Waals surface area (Å²) in [5, 5.41) is 0. The van der Waals surface area contributed by atoms with Crippen LogP contribution < -0.4 is 0 Å². The van der Waals surface area contributed by atoms with E-state index in [2.05, 4.69) is 203 Å². The molecule has 0 saturated heterocycles. The van der Waals surface area contributed by atoms with Gasteiger partial charge >= 0.3 is 17.9 Å². The summed E-state index contributed by atoms with van der Waals surface area (Å²) >= 11 is 0. The van der Waals surface area contributed by atoms with Gasteiger partial charge in [-0.15, -0.1) is 0 Å². The molecule has 0 spiro atoms. The highest BCUT2D eigenvalue weighted by molar-refractivity contribution is 5.71. The van der Waals surface area contributed by atoms with Crippen LogP contribution in [0.25, 0.3) is 0 Å². The minimum atomic E-state index is -0.834. The predicted octanol–water partition coefficient (Wildman–Crippen LogP) is 21.7. The molecule has 0 radical (unpaired) electrons. The molecule has 0 bridgehead atoms. The van der Waals surface area contributed by atoms with Crippen molar-refractivity contribution < 1.29 is 28.6 Å². The summed E-state index contributed by atoms with van der Waals surface area (Å²) in [5.74, 6) is -1.02. The van der Waals surface area contributed by atoms with Gasteiger partial charge in [0, 0.05) is 19.3 Å². The topological polar surface area (TPSA) is 78.9 Å². The van der Waals surface area contributed by atoms with Crippen LogP contribution in [0.15, 0.2) is 182 Å². The number of ether oxygens (including phenoxy) is 3. The lowest BCUT2D eigenvalue weighted by atomic mass is 10.1. The zero-order valence-electron chi connectivity index (χ0n) is 50.3. The fraction of sp³-hybridized carbons (Fsp3) is 0.548. The number of allylic oxidation sites excluding steroid dienone is 30. The van der Waals surface area contributed by atoms with E-state index in [-0.39, 0.29) is 37.5 Å². The van der Waals surface area contributed by atoms with Gasteiger partial charge < -0.3 is 14.2 Å². The van der Waals surface area contributed by atoms with Crippen LogP contribution in [0.2, 0.25) is 0 Å². The molecule has 0 N–H and O–H groups in total. The summed E-state index contributed by atoms with van der Waals surface area (Å²) in [6.45, 7) is 6.21. The van der Waals surface area contributed by atoms with Crippen molar-refractivity contribution in [1.82, 2.24) is 0 Å². The number of rotatable bonds is 54. The standard InChI is InChI=1S/C73H112O6/c1-4-7-10-13-16-19-22-25-28-31-32-33-34-35-36-37-38-39-40-43-45-48-51-54-57-60-63-66-72(75)78-69-70(79-73(76)67-64-61-58-55-52-49-46-42-30-27-24-21-18-15-12-9-6-3)68-77-71(74)65-62-59-56-53-50-47-44-41-29-26-23-20-17-14-11-8-5-2/h7-12,16-21,25-30,32-33,35-36,38-39,44,46-47,49,55,58,70H,4-6,13-15,22-24,31,34,37,40-43,45,48,50-54,56-57,59-69H2,1-3H3/b10-7-,11-8-,12-9-,19-16-,20-17-,21-18-,28-25-,29-26-,30-27-,33-32-,36-35-,39-38-,47-44-,49-46-,58-55-. The number of esters is 3. The number of hydrogen-bond donors (Lipinski definition) is 0. The van der Waals surface area contributed by atoms with Crippen molar-refractivity contribution >= 4 is 17.9 Å².